The van der Waals surface area contributed by atoms with Gasteiger partial charge < -0.3 is 9.98 Å². The number of hydrogen-bond donors (Lipinski definition) is 1. The quantitative estimate of drug-likeness (QED) is 0.786. The fourth-order valence-corrected chi connectivity index (χ4v) is 2.70. The molecule has 20 heavy (non-hydrogen) atoms. The van der Waals surface area contributed by atoms with Crippen LogP contribution in [0.15, 0.2) is 24.3 Å². The van der Waals surface area contributed by atoms with Crippen LogP contribution in [-0.2, 0) is 13.0 Å². The smallest absolute Gasteiger partial charge is 0.0992 e. The van der Waals surface area contributed by atoms with Crippen LogP contribution in [0, 0.1) is 22.7 Å². The Morgan fingerprint density at radius 1 is 1.35 bits per heavy atom. The Morgan fingerprint density at radius 2 is 2.15 bits per heavy atom. The van der Waals surface area contributed by atoms with Crippen molar-refractivity contribution < 1.29 is 0 Å². The molecular weight excluding hydrogens is 246 g/mol. The molecule has 0 saturated heterocycles. The standard InChI is InChI=1S/C17H21N3/c1-3-13(11-18)6-8-16-10-15-7-5-14(12-19)9-17(15)20(16)4-2/h5,7,9-11,13,18H,3-4,6,8H2,1-2H3/t13-/m0/s1. The molecule has 0 spiro atoms. The zero-order valence-electron chi connectivity index (χ0n) is 12.2. The van der Waals surface area contributed by atoms with Crippen molar-refractivity contribution in [3.05, 3.63) is 35.5 Å². The number of aromatic nitrogens is 1. The number of aryl methyl sites for hydroxylation is 2. The van der Waals surface area contributed by atoms with E-state index in [0.717, 1.165) is 31.3 Å². The van der Waals surface area contributed by atoms with Crippen LogP contribution in [0.3, 0.4) is 0 Å². The Morgan fingerprint density at radius 3 is 2.75 bits per heavy atom. The SMILES string of the molecule is CC[C@H](C=N)CCc1cc2ccc(C#N)cc2n1CC. The van der Waals surface area contributed by atoms with E-state index in [1.807, 2.05) is 18.2 Å². The van der Waals surface area contributed by atoms with E-state index in [1.165, 1.54) is 11.1 Å². The fourth-order valence-electron chi connectivity index (χ4n) is 2.70. The normalized spacial score (nSPS) is 12.2. The van der Waals surface area contributed by atoms with E-state index < -0.39 is 0 Å². The summed E-state index contributed by atoms with van der Waals surface area (Å²) in [6.07, 6.45) is 4.58. The van der Waals surface area contributed by atoms with E-state index in [-0.39, 0.29) is 0 Å². The van der Waals surface area contributed by atoms with Crippen LogP contribution in [0.1, 0.15) is 37.9 Å². The van der Waals surface area contributed by atoms with E-state index in [4.69, 9.17) is 10.7 Å². The molecular formula is C17H21N3. The first-order chi connectivity index (χ1) is 9.73. The van der Waals surface area contributed by atoms with Gasteiger partial charge in [0.15, 0.2) is 0 Å². The summed E-state index contributed by atoms with van der Waals surface area (Å²) in [5, 5.41) is 17.6. The maximum atomic E-state index is 9.02. The molecule has 0 saturated carbocycles. The molecule has 0 aliphatic heterocycles. The van der Waals surface area contributed by atoms with Gasteiger partial charge in [0.05, 0.1) is 11.6 Å². The molecule has 0 amide bonds. The lowest BCUT2D eigenvalue weighted by Crippen LogP contribution is -2.05. The van der Waals surface area contributed by atoms with Crippen molar-refractivity contribution in [1.82, 2.24) is 4.57 Å². The summed E-state index contributed by atoms with van der Waals surface area (Å²) in [4.78, 5) is 0. The number of nitrogens with one attached hydrogen (secondary N) is 1. The number of rotatable bonds is 6. The molecule has 1 N–H and O–H groups in total. The Bertz CT molecular complexity index is 646. The van der Waals surface area contributed by atoms with Crippen molar-refractivity contribution >= 4 is 17.1 Å². The Kier molecular flexibility index (Phi) is 4.57. The van der Waals surface area contributed by atoms with E-state index in [9.17, 15) is 0 Å². The van der Waals surface area contributed by atoms with Crippen LogP contribution in [0.25, 0.3) is 10.9 Å². The average Bonchev–Trinajstić information content (AvgIpc) is 2.84. The third-order valence-corrected chi connectivity index (χ3v) is 3.97. The molecule has 1 aromatic carbocycles. The van der Waals surface area contributed by atoms with Crippen LogP contribution >= 0.6 is 0 Å². The second-order valence-corrected chi connectivity index (χ2v) is 5.14. The van der Waals surface area contributed by atoms with Crippen LogP contribution in [-0.4, -0.2) is 10.8 Å². The highest BCUT2D eigenvalue weighted by atomic mass is 15.0. The first kappa shape index (κ1) is 14.3. The van der Waals surface area contributed by atoms with Gasteiger partial charge in [-0.25, -0.2) is 0 Å². The summed E-state index contributed by atoms with van der Waals surface area (Å²) < 4.78 is 2.28. The van der Waals surface area contributed by atoms with E-state index in [1.54, 1.807) is 6.21 Å². The maximum Gasteiger partial charge on any atom is 0.0992 e. The van der Waals surface area contributed by atoms with Gasteiger partial charge in [0.25, 0.3) is 0 Å². The molecule has 2 rings (SSSR count). The van der Waals surface area contributed by atoms with Crippen molar-refractivity contribution in [2.24, 2.45) is 5.92 Å². The van der Waals surface area contributed by atoms with E-state index >= 15 is 0 Å². The lowest BCUT2D eigenvalue weighted by molar-refractivity contribution is 0.593. The van der Waals surface area contributed by atoms with Gasteiger partial charge in [-0.05, 0) is 61.9 Å². The third-order valence-electron chi connectivity index (χ3n) is 3.97. The maximum absolute atomic E-state index is 9.02. The Labute approximate surface area is 120 Å². The third kappa shape index (κ3) is 2.75. The topological polar surface area (TPSA) is 52.6 Å². The van der Waals surface area contributed by atoms with Crippen LogP contribution in [0.5, 0.6) is 0 Å². The monoisotopic (exact) mass is 267 g/mol. The summed E-state index contributed by atoms with van der Waals surface area (Å²) in [5.41, 5.74) is 3.16. The van der Waals surface area contributed by atoms with Gasteiger partial charge in [-0.3, -0.25) is 0 Å². The predicted octanol–water partition coefficient (Wildman–Crippen LogP) is 4.14. The first-order valence-electron chi connectivity index (χ1n) is 7.26. The Balaban J connectivity index is 2.34. The lowest BCUT2D eigenvalue weighted by Gasteiger charge is -2.11. The van der Waals surface area contributed by atoms with Gasteiger partial charge in [-0.1, -0.05) is 13.0 Å². The highest BCUT2D eigenvalue weighted by molar-refractivity contribution is 5.82. The van der Waals surface area contributed by atoms with Crippen molar-refractivity contribution in [2.45, 2.75) is 39.7 Å². The van der Waals surface area contributed by atoms with E-state index in [2.05, 4.69) is 30.6 Å². The fraction of sp³-hybridized carbons (Fsp3) is 0.412. The molecule has 1 atom stereocenters. The molecule has 0 unspecified atom stereocenters. The molecule has 0 fully saturated rings. The predicted molar refractivity (Wildman–Crippen MR) is 83.2 cm³/mol. The Hall–Kier alpha value is -2.08. The van der Waals surface area contributed by atoms with Crippen LogP contribution in [0.4, 0.5) is 0 Å². The van der Waals surface area contributed by atoms with Crippen molar-refractivity contribution in [2.75, 3.05) is 0 Å². The molecule has 104 valence electrons. The van der Waals surface area contributed by atoms with Crippen molar-refractivity contribution in [3.63, 3.8) is 0 Å². The highest BCUT2D eigenvalue weighted by Gasteiger charge is 2.10. The number of hydrogen-bond acceptors (Lipinski definition) is 2. The summed E-state index contributed by atoms with van der Waals surface area (Å²) in [6, 6.07) is 10.3. The van der Waals surface area contributed by atoms with Crippen molar-refractivity contribution in [3.8, 4) is 6.07 Å². The molecule has 1 aromatic heterocycles. The summed E-state index contributed by atoms with van der Waals surface area (Å²) in [6.45, 7) is 5.18. The second-order valence-electron chi connectivity index (χ2n) is 5.14. The van der Waals surface area contributed by atoms with Gasteiger partial charge in [0.2, 0.25) is 0 Å². The van der Waals surface area contributed by atoms with Gasteiger partial charge in [0.1, 0.15) is 0 Å². The zero-order valence-corrected chi connectivity index (χ0v) is 12.2. The number of benzene rings is 1. The van der Waals surface area contributed by atoms with Crippen LogP contribution in [0.2, 0.25) is 0 Å². The molecule has 3 heteroatoms. The molecule has 0 radical (unpaired) electrons. The number of nitriles is 1. The molecule has 2 aromatic rings. The molecule has 1 heterocycles. The van der Waals surface area contributed by atoms with Gasteiger partial charge >= 0.3 is 0 Å². The average molecular weight is 267 g/mol. The minimum Gasteiger partial charge on any atom is -0.345 e. The highest BCUT2D eigenvalue weighted by Crippen LogP contribution is 2.23. The van der Waals surface area contributed by atoms with Crippen LogP contribution < -0.4 is 0 Å². The van der Waals surface area contributed by atoms with Gasteiger partial charge in [0, 0.05) is 17.8 Å². The van der Waals surface area contributed by atoms with E-state index in [0.29, 0.717) is 11.5 Å². The molecule has 0 bridgehead atoms. The lowest BCUT2D eigenvalue weighted by atomic mass is 10.0. The summed E-state index contributed by atoms with van der Waals surface area (Å²) >= 11 is 0. The summed E-state index contributed by atoms with van der Waals surface area (Å²) in [7, 11) is 0. The molecule has 3 nitrogen and oxygen atoms in total. The van der Waals surface area contributed by atoms with Gasteiger partial charge in [-0.15, -0.1) is 0 Å². The zero-order chi connectivity index (χ0) is 14.5. The number of nitrogens with zero attached hydrogens (tertiary/aromatic N) is 2. The molecule has 0 aliphatic carbocycles. The van der Waals surface area contributed by atoms with Crippen molar-refractivity contribution in [1.29, 1.82) is 10.7 Å². The first-order valence-corrected chi connectivity index (χ1v) is 7.26. The largest absolute Gasteiger partial charge is 0.345 e. The van der Waals surface area contributed by atoms with Gasteiger partial charge in [-0.2, -0.15) is 5.26 Å². The number of fused-ring (bicyclic) bond motifs is 1. The minimum absolute atomic E-state index is 0.369. The second kappa shape index (κ2) is 6.38. The summed E-state index contributed by atoms with van der Waals surface area (Å²) in [5.74, 6) is 0.369. The minimum atomic E-state index is 0.369. The molecule has 0 aliphatic rings.